The number of aryl methyl sites for hydroxylation is 1. The zero-order valence-electron chi connectivity index (χ0n) is 42.1. The Morgan fingerprint density at radius 1 is 0.551 bits per heavy atom. The molecule has 15 nitrogen and oxygen atoms in total. The van der Waals surface area contributed by atoms with Crippen LogP contribution in [0, 0.1) is 18.6 Å². The molecule has 7 aromatic carbocycles. The minimum atomic E-state index is -3.84. The van der Waals surface area contributed by atoms with Crippen molar-refractivity contribution in [3.8, 4) is 22.6 Å². The van der Waals surface area contributed by atoms with Crippen molar-refractivity contribution in [1.82, 2.24) is 0 Å². The number of aromatic hydroxyl groups is 2. The van der Waals surface area contributed by atoms with Gasteiger partial charge in [0, 0.05) is 5.56 Å². The Bertz CT molecular complexity index is 3380. The molecule has 0 aliphatic carbocycles. The predicted molar refractivity (Wildman–Crippen MR) is 289 cm³/mol. The maximum atomic E-state index is 13.6. The molecular formula is C59H60F2N2O13S2. The quantitative estimate of drug-likeness (QED) is 0.0484. The van der Waals surface area contributed by atoms with Gasteiger partial charge in [-0.3, -0.25) is 8.61 Å². The van der Waals surface area contributed by atoms with E-state index in [4.69, 9.17) is 4.74 Å². The van der Waals surface area contributed by atoms with E-state index in [1.165, 1.54) is 75.3 Å². The number of hydrogen-bond acceptors (Lipinski definition) is 13. The normalized spacial score (nSPS) is 24.9. The van der Waals surface area contributed by atoms with E-state index >= 15 is 0 Å². The van der Waals surface area contributed by atoms with E-state index in [0.717, 1.165) is 16.7 Å². The number of phenolic OH excluding ortho intramolecular Hbond substituents is 2. The van der Waals surface area contributed by atoms with Gasteiger partial charge in [-0.25, -0.2) is 25.6 Å². The Morgan fingerprint density at radius 3 is 1.59 bits per heavy atom. The van der Waals surface area contributed by atoms with Crippen LogP contribution in [0.3, 0.4) is 0 Å². The van der Waals surface area contributed by atoms with Crippen LogP contribution >= 0.6 is 0 Å². The van der Waals surface area contributed by atoms with Gasteiger partial charge in [0.1, 0.15) is 64.2 Å². The van der Waals surface area contributed by atoms with Crippen LogP contribution in [-0.2, 0) is 24.8 Å². The molecule has 3 unspecified atom stereocenters. The number of sulfonamides is 2. The summed E-state index contributed by atoms with van der Waals surface area (Å²) in [6.45, 7) is 1.42. The topological polar surface area (TPSA) is 246 Å². The number of benzene rings is 7. The van der Waals surface area contributed by atoms with Crippen LogP contribution in [0.25, 0.3) is 11.1 Å². The van der Waals surface area contributed by atoms with E-state index in [0.29, 0.717) is 45.6 Å². The summed E-state index contributed by atoms with van der Waals surface area (Å²) in [5, 5.41) is 80.8. The first-order chi connectivity index (χ1) is 37.3. The van der Waals surface area contributed by atoms with Gasteiger partial charge < -0.3 is 45.6 Å². The highest BCUT2D eigenvalue weighted by molar-refractivity contribution is 7.95. The number of nitrogens with zero attached hydrogens (tertiary/aromatic N) is 2. The third kappa shape index (κ3) is 11.4. The van der Waals surface area contributed by atoms with Gasteiger partial charge in [0.15, 0.2) is 0 Å². The number of aliphatic hydroxyl groups excluding tert-OH is 6. The number of halogens is 2. The monoisotopic (exact) mass is 1110 g/mol. The van der Waals surface area contributed by atoms with Crippen molar-refractivity contribution >= 4 is 31.4 Å². The molecule has 10 rings (SSSR count). The average molecular weight is 1110 g/mol. The minimum Gasteiger partial charge on any atom is -0.508 e. The third-order valence-corrected chi connectivity index (χ3v) is 19.3. The number of phenols is 2. The molecule has 0 spiro atoms. The molecule has 0 radical (unpaired) electrons. The molecular weight excluding hydrogens is 1050 g/mol. The summed E-state index contributed by atoms with van der Waals surface area (Å²) < 4.78 is 88.6. The van der Waals surface area contributed by atoms with Gasteiger partial charge in [-0.15, -0.1) is 0 Å². The van der Waals surface area contributed by atoms with Crippen LogP contribution in [0.5, 0.6) is 11.5 Å². The zero-order valence-corrected chi connectivity index (χ0v) is 43.8. The summed E-state index contributed by atoms with van der Waals surface area (Å²) in [6.07, 6.45) is -7.43. The van der Waals surface area contributed by atoms with Crippen LogP contribution in [0.15, 0.2) is 170 Å². The fourth-order valence-corrected chi connectivity index (χ4v) is 14.8. The number of hydrogen-bond donors (Lipinski definition) is 8. The molecule has 0 amide bonds. The fourth-order valence-electron chi connectivity index (χ4n) is 10.5. The molecule has 19 heteroatoms. The van der Waals surface area contributed by atoms with E-state index in [1.54, 1.807) is 78.9 Å². The second kappa shape index (κ2) is 23.3. The number of anilines is 2. The lowest BCUT2D eigenvalue weighted by Gasteiger charge is -2.48. The lowest BCUT2D eigenvalue weighted by atomic mass is 9.90. The van der Waals surface area contributed by atoms with Crippen molar-refractivity contribution < 1.29 is 71.2 Å². The Kier molecular flexibility index (Phi) is 16.7. The van der Waals surface area contributed by atoms with Crippen LogP contribution < -0.4 is 8.61 Å². The maximum absolute atomic E-state index is 13.6. The Hall–Kier alpha value is -6.78. The second-order valence-electron chi connectivity index (χ2n) is 19.8. The highest BCUT2D eigenvalue weighted by Crippen LogP contribution is 2.51. The van der Waals surface area contributed by atoms with Gasteiger partial charge in [-0.05, 0) is 133 Å². The van der Waals surface area contributed by atoms with Crippen LogP contribution in [0.2, 0.25) is 0 Å². The molecule has 3 aliphatic heterocycles. The highest BCUT2D eigenvalue weighted by Gasteiger charge is 2.56. The highest BCUT2D eigenvalue weighted by atomic mass is 32.2. The second-order valence-corrected chi connectivity index (χ2v) is 23.9. The van der Waals surface area contributed by atoms with Crippen molar-refractivity contribution in [1.29, 1.82) is 0 Å². The van der Waals surface area contributed by atoms with E-state index in [9.17, 15) is 66.5 Å². The van der Waals surface area contributed by atoms with E-state index in [-0.39, 0.29) is 30.8 Å². The molecule has 3 fully saturated rings. The van der Waals surface area contributed by atoms with Crippen LogP contribution in [-0.4, -0.2) is 99.2 Å². The molecule has 0 aromatic heterocycles. The summed E-state index contributed by atoms with van der Waals surface area (Å²) in [4.78, 5) is 0. The molecule has 0 bridgehead atoms. The van der Waals surface area contributed by atoms with E-state index < -0.39 is 104 Å². The van der Waals surface area contributed by atoms with Gasteiger partial charge in [0.05, 0.1) is 42.3 Å². The lowest BCUT2D eigenvalue weighted by molar-refractivity contribution is -0.231. The zero-order chi connectivity index (χ0) is 55.6. The Labute approximate surface area is 451 Å². The molecule has 3 heterocycles. The first-order valence-corrected chi connectivity index (χ1v) is 28.4. The van der Waals surface area contributed by atoms with Crippen molar-refractivity contribution in [3.05, 3.63) is 215 Å². The number of para-hydroxylation sites is 1. The molecule has 8 N–H and O–H groups in total. The largest absolute Gasteiger partial charge is 0.508 e. The summed E-state index contributed by atoms with van der Waals surface area (Å²) in [7, 11) is -7.52. The number of aliphatic hydroxyl groups is 6. The third-order valence-electron chi connectivity index (χ3n) is 14.8. The molecule has 78 heavy (non-hydrogen) atoms. The number of ether oxygens (including phenoxy) is 1. The van der Waals surface area contributed by atoms with Crippen LogP contribution in [0.1, 0.15) is 89.5 Å². The van der Waals surface area contributed by atoms with Crippen molar-refractivity contribution in [3.63, 3.8) is 0 Å². The van der Waals surface area contributed by atoms with Gasteiger partial charge in [-0.2, -0.15) is 0 Å². The molecule has 3 saturated heterocycles. The van der Waals surface area contributed by atoms with E-state index in [1.807, 2.05) is 31.2 Å². The Balaban J connectivity index is 0.000000206. The summed E-state index contributed by atoms with van der Waals surface area (Å²) >= 11 is 0. The van der Waals surface area contributed by atoms with Crippen molar-refractivity contribution in [2.45, 2.75) is 97.9 Å². The van der Waals surface area contributed by atoms with Crippen molar-refractivity contribution in [2.75, 3.05) is 15.2 Å². The Morgan fingerprint density at radius 2 is 1.04 bits per heavy atom. The molecule has 11 atom stereocenters. The lowest BCUT2D eigenvalue weighted by Crippen LogP contribution is -2.58. The summed E-state index contributed by atoms with van der Waals surface area (Å²) in [6, 6.07) is 43.8. The van der Waals surface area contributed by atoms with Gasteiger partial charge in [-0.1, -0.05) is 109 Å². The molecule has 0 saturated carbocycles. The smallest absolute Gasteiger partial charge is 0.241 e. The molecule has 3 aliphatic rings. The molecule has 410 valence electrons. The van der Waals surface area contributed by atoms with Crippen molar-refractivity contribution in [2.24, 2.45) is 0 Å². The van der Waals surface area contributed by atoms with E-state index in [2.05, 4.69) is 0 Å². The van der Waals surface area contributed by atoms with Gasteiger partial charge >= 0.3 is 0 Å². The van der Waals surface area contributed by atoms with Gasteiger partial charge in [0.2, 0.25) is 20.0 Å². The average Bonchev–Trinajstić information content (AvgIpc) is 3.53. The summed E-state index contributed by atoms with van der Waals surface area (Å²) in [5.74, 6) is -0.915. The standard InChI is InChI=1S/C35H36FNO9S.C24H24FNO4S/c36-24-13-10-21(11-14-24)27(39)16-17-30-31(37(47(30,44)45)25-4-2-1-3-5-25)26-15-12-23(18-28(26)40)20-6-8-22(9-7-20)35-34(43)33(42)32(41)29(19-38)46-35;1-16-2-4-17(5-3-16)22(28)14-15-23-24(18-6-12-21(27)13-7-18)26(31(23,29)30)20-10-8-19(25)9-11-20/h1-15,18,27,29-35,38-43H,16-17,19H2;2-13,22-24,27-28H,14-15H2,1H3/t27-,29+,30-,31+,32+,33-,34+,35-;/m0./s1. The predicted octanol–water partition coefficient (Wildman–Crippen LogP) is 8.10. The first kappa shape index (κ1) is 56.0. The fraction of sp³-hybridized carbons (Fsp3) is 0.288. The summed E-state index contributed by atoms with van der Waals surface area (Å²) in [5.41, 5.74) is 6.09. The first-order valence-electron chi connectivity index (χ1n) is 25.4. The number of rotatable bonds is 15. The maximum Gasteiger partial charge on any atom is 0.241 e. The van der Waals surface area contributed by atoms with Gasteiger partial charge in [0.25, 0.3) is 0 Å². The van der Waals surface area contributed by atoms with Crippen LogP contribution in [0.4, 0.5) is 20.2 Å². The SMILES string of the molecule is Cc1ccc(C(O)CCC2C(c3ccc(O)cc3)N(c3ccc(F)cc3)S2(=O)=O)cc1.O=S1(=O)[C@@H](CC[C@H](O)c2ccc(F)cc2)[C@@H](c2ccc(-c3ccc([C@@H]4O[C@H](CO)[C@@H](O)[C@H](O)[C@H]4O)cc3)cc2O)N1c1ccccc1. The molecule has 7 aromatic rings. The minimum absolute atomic E-state index is 0.0885.